The van der Waals surface area contributed by atoms with Gasteiger partial charge in [0.15, 0.2) is 11.9 Å². The maximum absolute atomic E-state index is 12.3. The summed E-state index contributed by atoms with van der Waals surface area (Å²) in [5.74, 6) is -0.493. The Bertz CT molecular complexity index is 802. The lowest BCUT2D eigenvalue weighted by Gasteiger charge is -2.15. The monoisotopic (exact) mass is 397 g/mol. The zero-order valence-corrected chi connectivity index (χ0v) is 15.9. The van der Waals surface area contributed by atoms with Crippen molar-refractivity contribution < 1.29 is 23.8 Å². The molecule has 0 saturated heterocycles. The first-order chi connectivity index (χ1) is 12.4. The third kappa shape index (κ3) is 4.59. The van der Waals surface area contributed by atoms with Crippen molar-refractivity contribution in [1.29, 1.82) is 0 Å². The molecule has 0 heterocycles. The minimum absolute atomic E-state index is 0.109. The van der Waals surface area contributed by atoms with E-state index in [1.165, 1.54) is 33.3 Å². The Hall–Kier alpha value is -2.44. The summed E-state index contributed by atoms with van der Waals surface area (Å²) in [7, 11) is 2.90. The Morgan fingerprint density at radius 2 is 1.65 bits per heavy atom. The van der Waals surface area contributed by atoms with Crippen LogP contribution in [0.25, 0.3) is 0 Å². The maximum atomic E-state index is 12.3. The van der Waals surface area contributed by atoms with Crippen molar-refractivity contribution in [1.82, 2.24) is 0 Å². The molecule has 0 radical (unpaired) electrons. The predicted octanol–water partition coefficient (Wildman–Crippen LogP) is 4.19. The molecule has 6 nitrogen and oxygen atoms in total. The number of methoxy groups -OCH3 is 2. The molecule has 0 aliphatic rings. The molecule has 138 valence electrons. The summed E-state index contributed by atoms with van der Waals surface area (Å²) in [5.41, 5.74) is 0.580. The van der Waals surface area contributed by atoms with Gasteiger partial charge in [-0.2, -0.15) is 0 Å². The van der Waals surface area contributed by atoms with Crippen molar-refractivity contribution in [3.63, 3.8) is 0 Å². The Kier molecular flexibility index (Phi) is 6.71. The van der Waals surface area contributed by atoms with Crippen LogP contribution in [0.2, 0.25) is 10.0 Å². The molecule has 0 unspecified atom stereocenters. The molecule has 2 rings (SSSR count). The van der Waals surface area contributed by atoms with E-state index in [1.807, 2.05) is 0 Å². The van der Waals surface area contributed by atoms with E-state index in [0.29, 0.717) is 11.4 Å². The Labute approximate surface area is 160 Å². The van der Waals surface area contributed by atoms with Crippen LogP contribution in [-0.2, 0) is 9.53 Å². The fraction of sp³-hybridized carbons (Fsp3) is 0.222. The lowest BCUT2D eigenvalue weighted by atomic mass is 10.2. The molecule has 1 N–H and O–H groups in total. The van der Waals surface area contributed by atoms with E-state index < -0.39 is 18.0 Å². The number of hydrogen-bond acceptors (Lipinski definition) is 5. The number of para-hydroxylation sites is 2. The summed E-state index contributed by atoms with van der Waals surface area (Å²) in [6, 6.07) is 9.62. The fourth-order valence-corrected chi connectivity index (χ4v) is 2.78. The highest BCUT2D eigenvalue weighted by Gasteiger charge is 2.21. The Morgan fingerprint density at radius 3 is 2.23 bits per heavy atom. The van der Waals surface area contributed by atoms with Gasteiger partial charge >= 0.3 is 5.97 Å². The summed E-state index contributed by atoms with van der Waals surface area (Å²) in [6.07, 6.45) is -1.05. The molecule has 8 heteroatoms. The molecule has 0 fully saturated rings. The highest BCUT2D eigenvalue weighted by molar-refractivity contribution is 6.37. The number of anilines is 1. The van der Waals surface area contributed by atoms with Crippen molar-refractivity contribution in [2.75, 3.05) is 19.5 Å². The number of esters is 1. The third-order valence-electron chi connectivity index (χ3n) is 3.46. The van der Waals surface area contributed by atoms with Gasteiger partial charge in [-0.1, -0.05) is 35.3 Å². The molecule has 2 aromatic carbocycles. The lowest BCUT2D eigenvalue weighted by molar-refractivity contribution is -0.123. The first-order valence-corrected chi connectivity index (χ1v) is 8.30. The molecule has 2 aromatic rings. The molecule has 0 bridgehead atoms. The second kappa shape index (κ2) is 8.78. The quantitative estimate of drug-likeness (QED) is 0.739. The molecule has 0 aliphatic carbocycles. The summed E-state index contributed by atoms with van der Waals surface area (Å²) in [6.45, 7) is 1.45. The lowest BCUT2D eigenvalue weighted by Crippen LogP contribution is -2.30. The van der Waals surface area contributed by atoms with Gasteiger partial charge in [0.05, 0.1) is 35.5 Å². The molecular formula is C18H17Cl2NO5. The van der Waals surface area contributed by atoms with E-state index in [0.717, 1.165) is 0 Å². The van der Waals surface area contributed by atoms with E-state index in [9.17, 15) is 9.59 Å². The number of benzene rings is 2. The van der Waals surface area contributed by atoms with Crippen molar-refractivity contribution in [2.45, 2.75) is 13.0 Å². The van der Waals surface area contributed by atoms with E-state index in [1.54, 1.807) is 24.3 Å². The smallest absolute Gasteiger partial charge is 0.339 e. The molecule has 26 heavy (non-hydrogen) atoms. The summed E-state index contributed by atoms with van der Waals surface area (Å²) >= 11 is 12.0. The number of carbonyl (C=O) groups is 2. The van der Waals surface area contributed by atoms with Gasteiger partial charge in [-0.05, 0) is 31.2 Å². The molecule has 0 aromatic heterocycles. The molecule has 0 saturated carbocycles. The van der Waals surface area contributed by atoms with Crippen LogP contribution in [0.5, 0.6) is 11.5 Å². The zero-order chi connectivity index (χ0) is 19.3. The van der Waals surface area contributed by atoms with Gasteiger partial charge in [-0.3, -0.25) is 4.79 Å². The van der Waals surface area contributed by atoms with Gasteiger partial charge in [-0.15, -0.1) is 0 Å². The highest BCUT2D eigenvalue weighted by atomic mass is 35.5. The molecule has 0 spiro atoms. The summed E-state index contributed by atoms with van der Waals surface area (Å²) < 4.78 is 15.4. The number of carbonyl (C=O) groups excluding carboxylic acids is 2. The van der Waals surface area contributed by atoms with Crippen LogP contribution < -0.4 is 14.8 Å². The average molecular weight is 398 g/mol. The van der Waals surface area contributed by atoms with Crippen LogP contribution in [0.1, 0.15) is 17.3 Å². The van der Waals surface area contributed by atoms with Crippen LogP contribution in [0.4, 0.5) is 5.69 Å². The van der Waals surface area contributed by atoms with Crippen LogP contribution in [0.15, 0.2) is 36.4 Å². The zero-order valence-electron chi connectivity index (χ0n) is 14.3. The second-order valence-electron chi connectivity index (χ2n) is 5.21. The Morgan fingerprint density at radius 1 is 1.04 bits per heavy atom. The van der Waals surface area contributed by atoms with Crippen molar-refractivity contribution in [2.24, 2.45) is 0 Å². The molecule has 1 atom stereocenters. The van der Waals surface area contributed by atoms with Crippen molar-refractivity contribution in [3.8, 4) is 11.5 Å². The minimum atomic E-state index is -1.05. The number of halogens is 2. The van der Waals surface area contributed by atoms with Gasteiger partial charge in [0.2, 0.25) is 0 Å². The summed E-state index contributed by atoms with van der Waals surface area (Å²) in [4.78, 5) is 24.5. The van der Waals surface area contributed by atoms with Crippen molar-refractivity contribution in [3.05, 3.63) is 52.0 Å². The number of amides is 1. The van der Waals surface area contributed by atoms with E-state index in [-0.39, 0.29) is 21.4 Å². The van der Waals surface area contributed by atoms with E-state index >= 15 is 0 Å². The number of hydrogen-bond donors (Lipinski definition) is 1. The van der Waals surface area contributed by atoms with E-state index in [4.69, 9.17) is 37.4 Å². The van der Waals surface area contributed by atoms with Gasteiger partial charge in [-0.25, -0.2) is 4.79 Å². The average Bonchev–Trinajstić information content (AvgIpc) is 2.61. The first kappa shape index (κ1) is 19.9. The van der Waals surface area contributed by atoms with E-state index in [2.05, 4.69) is 5.32 Å². The topological polar surface area (TPSA) is 73.9 Å². The minimum Gasteiger partial charge on any atom is -0.495 e. The SMILES string of the molecule is COc1ccccc1NC(=O)[C@H](C)OC(=O)c1cc(Cl)c(OC)c(Cl)c1. The maximum Gasteiger partial charge on any atom is 0.339 e. The fourth-order valence-electron chi connectivity index (χ4n) is 2.14. The van der Waals surface area contributed by atoms with Crippen LogP contribution in [0, 0.1) is 0 Å². The van der Waals surface area contributed by atoms with Crippen LogP contribution in [-0.4, -0.2) is 32.2 Å². The van der Waals surface area contributed by atoms with Gasteiger partial charge < -0.3 is 19.5 Å². The van der Waals surface area contributed by atoms with Gasteiger partial charge in [0, 0.05) is 0 Å². The second-order valence-corrected chi connectivity index (χ2v) is 6.02. The highest BCUT2D eigenvalue weighted by Crippen LogP contribution is 2.34. The number of ether oxygens (including phenoxy) is 3. The van der Waals surface area contributed by atoms with Crippen molar-refractivity contribution >= 4 is 40.8 Å². The standard InChI is InChI=1S/C18H17Cl2NO5/c1-10(17(22)21-14-6-4-5-7-15(14)24-2)26-18(23)11-8-12(19)16(25-3)13(20)9-11/h4-10H,1-3H3,(H,21,22)/t10-/m0/s1. The summed E-state index contributed by atoms with van der Waals surface area (Å²) in [5, 5.41) is 2.98. The van der Waals surface area contributed by atoms with Crippen LogP contribution in [0.3, 0.4) is 0 Å². The molecule has 0 aliphatic heterocycles. The van der Waals surface area contributed by atoms with Crippen LogP contribution >= 0.6 is 23.2 Å². The largest absolute Gasteiger partial charge is 0.495 e. The van der Waals surface area contributed by atoms with Gasteiger partial charge in [0.25, 0.3) is 5.91 Å². The number of nitrogens with one attached hydrogen (secondary N) is 1. The van der Waals surface area contributed by atoms with Gasteiger partial charge in [0.1, 0.15) is 5.75 Å². The third-order valence-corrected chi connectivity index (χ3v) is 4.02. The normalized spacial score (nSPS) is 11.4. The molecular weight excluding hydrogens is 381 g/mol. The first-order valence-electron chi connectivity index (χ1n) is 7.55. The number of rotatable bonds is 6. The molecule has 1 amide bonds. The Balaban J connectivity index is 2.08. The predicted molar refractivity (Wildman–Crippen MR) is 99.5 cm³/mol.